The number of carbonyl (C=O) groups is 2. The van der Waals surface area contributed by atoms with E-state index in [2.05, 4.69) is 17.4 Å². The van der Waals surface area contributed by atoms with Crippen LogP contribution >= 0.6 is 11.8 Å². The van der Waals surface area contributed by atoms with Gasteiger partial charge in [-0.3, -0.25) is 4.79 Å². The van der Waals surface area contributed by atoms with Gasteiger partial charge in [0, 0.05) is 29.0 Å². The van der Waals surface area contributed by atoms with Gasteiger partial charge in [0.15, 0.2) is 6.61 Å². The number of hydrogen-bond acceptors (Lipinski definition) is 6. The number of esters is 1. The number of benzene rings is 2. The molecule has 0 bridgehead atoms. The zero-order valence-electron chi connectivity index (χ0n) is 15.7. The number of nitriles is 1. The summed E-state index contributed by atoms with van der Waals surface area (Å²) in [6.07, 6.45) is 0.200. The normalized spacial score (nSPS) is 10.4. The number of rotatable bonds is 9. The van der Waals surface area contributed by atoms with Crippen LogP contribution in [0.15, 0.2) is 59.0 Å². The first kappa shape index (κ1) is 20.5. The summed E-state index contributed by atoms with van der Waals surface area (Å²) in [5.74, 6) is 0.370. The van der Waals surface area contributed by atoms with Crippen LogP contribution in [0.5, 0.6) is 0 Å². The van der Waals surface area contributed by atoms with Gasteiger partial charge in [-0.15, -0.1) is 0 Å². The molecule has 1 N–H and O–H groups in total. The minimum Gasteiger partial charge on any atom is -0.450 e. The lowest BCUT2D eigenvalue weighted by Gasteiger charge is -2.06. The number of para-hydroxylation sites is 1. The minimum absolute atomic E-state index is 0.122. The molecule has 29 heavy (non-hydrogen) atoms. The summed E-state index contributed by atoms with van der Waals surface area (Å²) in [7, 11) is 0. The molecular weight excluding hydrogens is 388 g/mol. The Balaban J connectivity index is 1.68. The van der Waals surface area contributed by atoms with Crippen molar-refractivity contribution in [3.8, 4) is 6.07 Å². The Morgan fingerprint density at radius 2 is 1.83 bits per heavy atom. The quantitative estimate of drug-likeness (QED) is 0.424. The van der Waals surface area contributed by atoms with Crippen LogP contribution in [0.1, 0.15) is 28.1 Å². The lowest BCUT2D eigenvalue weighted by molar-refractivity contribution is -0.124. The monoisotopic (exact) mass is 408 g/mol. The molecule has 0 aliphatic carbocycles. The number of amides is 1. The molecular formula is C22H20N2O4S. The number of furan rings is 1. The number of thioether (sulfide) groups is 1. The molecule has 7 heteroatoms. The van der Waals surface area contributed by atoms with Crippen LogP contribution in [0.25, 0.3) is 11.0 Å². The first-order chi connectivity index (χ1) is 14.2. The summed E-state index contributed by atoms with van der Waals surface area (Å²) < 4.78 is 10.9. The average Bonchev–Trinajstić information content (AvgIpc) is 3.12. The van der Waals surface area contributed by atoms with E-state index in [0.717, 1.165) is 16.7 Å². The van der Waals surface area contributed by atoms with Crippen molar-refractivity contribution in [3.05, 3.63) is 71.5 Å². The van der Waals surface area contributed by atoms with Crippen molar-refractivity contribution in [2.45, 2.75) is 17.9 Å². The third-order valence-electron chi connectivity index (χ3n) is 4.13. The largest absolute Gasteiger partial charge is 0.450 e. The number of carbonyl (C=O) groups excluding carboxylic acids is 2. The number of nitrogens with one attached hydrogen (secondary N) is 1. The standard InChI is InChI=1S/C22H20N2O4S/c23-11-6-12-24-20(25)13-27-22(26)21-18(17-9-4-5-10-19(17)28-21)15-29-14-16-7-2-1-3-8-16/h1-5,7-10H,6,12-15H2,(H,24,25). The Kier molecular flexibility index (Phi) is 7.31. The van der Waals surface area contributed by atoms with Crippen LogP contribution in [0.2, 0.25) is 0 Å². The molecule has 148 valence electrons. The summed E-state index contributed by atoms with van der Waals surface area (Å²) >= 11 is 1.67. The predicted molar refractivity (Wildman–Crippen MR) is 111 cm³/mol. The number of fused-ring (bicyclic) bond motifs is 1. The van der Waals surface area contributed by atoms with E-state index in [9.17, 15) is 9.59 Å². The molecule has 0 radical (unpaired) electrons. The van der Waals surface area contributed by atoms with Crippen LogP contribution in [0.3, 0.4) is 0 Å². The van der Waals surface area contributed by atoms with E-state index in [1.807, 2.05) is 42.5 Å². The Morgan fingerprint density at radius 1 is 1.07 bits per heavy atom. The molecule has 0 fully saturated rings. The van der Waals surface area contributed by atoms with Gasteiger partial charge < -0.3 is 14.5 Å². The molecule has 1 amide bonds. The summed E-state index contributed by atoms with van der Waals surface area (Å²) in [5.41, 5.74) is 2.56. The lowest BCUT2D eigenvalue weighted by Crippen LogP contribution is -2.29. The molecule has 0 saturated carbocycles. The van der Waals surface area contributed by atoms with Gasteiger partial charge in [-0.05, 0) is 11.6 Å². The second kappa shape index (κ2) is 10.3. The topological polar surface area (TPSA) is 92.3 Å². The van der Waals surface area contributed by atoms with Crippen LogP contribution in [0, 0.1) is 11.3 Å². The molecule has 2 aromatic carbocycles. The molecule has 0 saturated heterocycles. The van der Waals surface area contributed by atoms with Gasteiger partial charge in [-0.2, -0.15) is 17.0 Å². The van der Waals surface area contributed by atoms with Crippen molar-refractivity contribution in [2.24, 2.45) is 0 Å². The van der Waals surface area contributed by atoms with Gasteiger partial charge in [0.05, 0.1) is 12.5 Å². The molecule has 0 unspecified atom stereocenters. The van der Waals surface area contributed by atoms with Crippen LogP contribution in [-0.2, 0) is 21.0 Å². The van der Waals surface area contributed by atoms with Crippen molar-refractivity contribution in [1.82, 2.24) is 5.32 Å². The smallest absolute Gasteiger partial charge is 0.375 e. The second-order valence-corrected chi connectivity index (χ2v) is 7.20. The van der Waals surface area contributed by atoms with Gasteiger partial charge in [0.1, 0.15) is 5.58 Å². The second-order valence-electron chi connectivity index (χ2n) is 6.22. The van der Waals surface area contributed by atoms with Crippen LogP contribution in [0.4, 0.5) is 0 Å². The van der Waals surface area contributed by atoms with Gasteiger partial charge in [0.2, 0.25) is 5.76 Å². The van der Waals surface area contributed by atoms with Crippen LogP contribution in [-0.4, -0.2) is 25.0 Å². The molecule has 3 rings (SSSR count). The molecule has 0 spiro atoms. The van der Waals surface area contributed by atoms with Gasteiger partial charge in [-0.25, -0.2) is 4.79 Å². The Labute approximate surface area is 172 Å². The highest BCUT2D eigenvalue weighted by Gasteiger charge is 2.22. The van der Waals surface area contributed by atoms with Crippen molar-refractivity contribution < 1.29 is 18.7 Å². The van der Waals surface area contributed by atoms with E-state index in [1.165, 1.54) is 5.56 Å². The average molecular weight is 408 g/mol. The Morgan fingerprint density at radius 3 is 2.62 bits per heavy atom. The lowest BCUT2D eigenvalue weighted by atomic mass is 10.1. The highest BCUT2D eigenvalue weighted by Crippen LogP contribution is 2.30. The third-order valence-corrected chi connectivity index (χ3v) is 5.17. The van der Waals surface area contributed by atoms with E-state index in [1.54, 1.807) is 17.8 Å². The number of nitrogens with zero attached hydrogens (tertiary/aromatic N) is 1. The molecule has 3 aromatic rings. The fraction of sp³-hybridized carbons (Fsp3) is 0.227. The maximum Gasteiger partial charge on any atom is 0.375 e. The summed E-state index contributed by atoms with van der Waals surface area (Å²) in [6.45, 7) is -0.198. The first-order valence-electron chi connectivity index (χ1n) is 9.12. The predicted octanol–water partition coefficient (Wildman–Crippen LogP) is 4.05. The van der Waals surface area contributed by atoms with E-state index in [4.69, 9.17) is 14.4 Å². The Bertz CT molecular complexity index is 1020. The Hall–Kier alpha value is -3.24. The summed E-state index contributed by atoms with van der Waals surface area (Å²) in [5, 5.41) is 11.9. The molecule has 1 aromatic heterocycles. The molecule has 1 heterocycles. The minimum atomic E-state index is -0.674. The van der Waals surface area contributed by atoms with Crippen LogP contribution < -0.4 is 5.32 Å². The van der Waals surface area contributed by atoms with Crippen molar-refractivity contribution in [3.63, 3.8) is 0 Å². The zero-order chi connectivity index (χ0) is 20.5. The van der Waals surface area contributed by atoms with E-state index in [0.29, 0.717) is 11.3 Å². The third kappa shape index (κ3) is 5.62. The highest BCUT2D eigenvalue weighted by atomic mass is 32.2. The molecule has 6 nitrogen and oxygen atoms in total. The fourth-order valence-electron chi connectivity index (χ4n) is 2.76. The summed E-state index contributed by atoms with van der Waals surface area (Å²) in [6, 6.07) is 19.4. The SMILES string of the molecule is N#CCCNC(=O)COC(=O)c1oc2ccccc2c1CSCc1ccccc1. The van der Waals surface area contributed by atoms with E-state index >= 15 is 0 Å². The van der Waals surface area contributed by atoms with E-state index < -0.39 is 18.5 Å². The zero-order valence-corrected chi connectivity index (χ0v) is 16.5. The molecule has 0 aliphatic rings. The first-order valence-corrected chi connectivity index (χ1v) is 10.3. The fourth-order valence-corrected chi connectivity index (χ4v) is 3.78. The summed E-state index contributed by atoms with van der Waals surface area (Å²) in [4.78, 5) is 24.3. The van der Waals surface area contributed by atoms with Crippen molar-refractivity contribution in [2.75, 3.05) is 13.2 Å². The maximum atomic E-state index is 12.5. The number of hydrogen-bond donors (Lipinski definition) is 1. The van der Waals surface area contributed by atoms with Gasteiger partial charge in [0.25, 0.3) is 5.91 Å². The maximum absolute atomic E-state index is 12.5. The van der Waals surface area contributed by atoms with Crippen molar-refractivity contribution >= 4 is 34.6 Å². The number of ether oxygens (including phenoxy) is 1. The highest BCUT2D eigenvalue weighted by molar-refractivity contribution is 7.97. The van der Waals surface area contributed by atoms with Gasteiger partial charge >= 0.3 is 5.97 Å². The van der Waals surface area contributed by atoms with Crippen molar-refractivity contribution in [1.29, 1.82) is 5.26 Å². The van der Waals surface area contributed by atoms with E-state index in [-0.39, 0.29) is 18.7 Å². The van der Waals surface area contributed by atoms with Gasteiger partial charge in [-0.1, -0.05) is 48.5 Å². The molecule has 0 atom stereocenters. The molecule has 0 aliphatic heterocycles.